The number of amides is 2. The first-order chi connectivity index (χ1) is 7.49. The third kappa shape index (κ3) is 2.26. The van der Waals surface area contributed by atoms with Crippen LogP contribution in [0.25, 0.3) is 0 Å². The summed E-state index contributed by atoms with van der Waals surface area (Å²) >= 11 is 0. The molecule has 1 saturated heterocycles. The van der Waals surface area contributed by atoms with E-state index >= 15 is 0 Å². The van der Waals surface area contributed by atoms with Gasteiger partial charge in [0.1, 0.15) is 0 Å². The van der Waals surface area contributed by atoms with Crippen LogP contribution in [0.3, 0.4) is 0 Å². The Balaban J connectivity index is 2.10. The summed E-state index contributed by atoms with van der Waals surface area (Å²) in [5, 5.41) is 2.36. The summed E-state index contributed by atoms with van der Waals surface area (Å²) in [4.78, 5) is 24.8. The zero-order chi connectivity index (χ0) is 11.8. The Morgan fingerprint density at radius 2 is 1.81 bits per heavy atom. The van der Waals surface area contributed by atoms with Crippen molar-refractivity contribution in [3.05, 3.63) is 0 Å². The van der Waals surface area contributed by atoms with Crippen LogP contribution >= 0.6 is 0 Å². The molecular formula is C12H20N2O2. The summed E-state index contributed by atoms with van der Waals surface area (Å²) in [7, 11) is 0. The molecular weight excluding hydrogens is 204 g/mol. The average molecular weight is 224 g/mol. The molecule has 4 nitrogen and oxygen atoms in total. The van der Waals surface area contributed by atoms with E-state index in [4.69, 9.17) is 0 Å². The van der Waals surface area contributed by atoms with Gasteiger partial charge in [0.2, 0.25) is 11.8 Å². The lowest BCUT2D eigenvalue weighted by Crippen LogP contribution is -2.58. The molecule has 0 radical (unpaired) electrons. The molecule has 0 aromatic heterocycles. The van der Waals surface area contributed by atoms with Crippen LogP contribution in [-0.2, 0) is 9.59 Å². The third-order valence-electron chi connectivity index (χ3n) is 3.86. The molecule has 90 valence electrons. The number of imide groups is 1. The highest BCUT2D eigenvalue weighted by Crippen LogP contribution is 2.38. The Morgan fingerprint density at radius 1 is 1.19 bits per heavy atom. The first-order valence-corrected chi connectivity index (χ1v) is 6.06. The molecule has 1 unspecified atom stereocenters. The van der Waals surface area contributed by atoms with Crippen LogP contribution in [0.4, 0.5) is 0 Å². The number of rotatable bonds is 1. The van der Waals surface area contributed by atoms with Crippen molar-refractivity contribution in [2.24, 2.45) is 5.41 Å². The van der Waals surface area contributed by atoms with Crippen LogP contribution in [0.5, 0.6) is 0 Å². The predicted molar refractivity (Wildman–Crippen MR) is 60.8 cm³/mol. The van der Waals surface area contributed by atoms with Gasteiger partial charge in [-0.2, -0.15) is 0 Å². The molecule has 1 atom stereocenters. The highest BCUT2D eigenvalue weighted by molar-refractivity contribution is 5.99. The van der Waals surface area contributed by atoms with Gasteiger partial charge in [0.05, 0.1) is 13.1 Å². The van der Waals surface area contributed by atoms with Gasteiger partial charge in [0.15, 0.2) is 0 Å². The Hall–Kier alpha value is -0.900. The number of nitrogens with zero attached hydrogens (tertiary/aromatic N) is 1. The lowest BCUT2D eigenvalue weighted by atomic mass is 9.72. The SMILES string of the molecule is CC1(C)CCCCC1N1CC(=O)NC(=O)C1. The van der Waals surface area contributed by atoms with Crippen molar-refractivity contribution < 1.29 is 9.59 Å². The van der Waals surface area contributed by atoms with Crippen LogP contribution in [0.1, 0.15) is 39.5 Å². The van der Waals surface area contributed by atoms with E-state index in [0.717, 1.165) is 6.42 Å². The number of carbonyl (C=O) groups excluding carboxylic acids is 2. The summed E-state index contributed by atoms with van der Waals surface area (Å²) in [5.41, 5.74) is 0.218. The predicted octanol–water partition coefficient (Wildman–Crippen LogP) is 0.914. The Kier molecular flexibility index (Phi) is 3.02. The quantitative estimate of drug-likeness (QED) is 0.674. The molecule has 1 aliphatic carbocycles. The second-order valence-electron chi connectivity index (χ2n) is 5.63. The van der Waals surface area contributed by atoms with E-state index in [0.29, 0.717) is 19.1 Å². The molecule has 16 heavy (non-hydrogen) atoms. The van der Waals surface area contributed by atoms with Crippen LogP contribution in [0, 0.1) is 5.41 Å². The minimum absolute atomic E-state index is 0.155. The van der Waals surface area contributed by atoms with Gasteiger partial charge in [-0.05, 0) is 18.3 Å². The van der Waals surface area contributed by atoms with Gasteiger partial charge in [-0.25, -0.2) is 0 Å². The van der Waals surface area contributed by atoms with Gasteiger partial charge in [0, 0.05) is 6.04 Å². The number of carbonyl (C=O) groups is 2. The van der Waals surface area contributed by atoms with Gasteiger partial charge < -0.3 is 0 Å². The van der Waals surface area contributed by atoms with E-state index < -0.39 is 0 Å². The van der Waals surface area contributed by atoms with E-state index in [2.05, 4.69) is 24.1 Å². The summed E-state index contributed by atoms with van der Waals surface area (Å²) in [6.45, 7) is 5.24. The van der Waals surface area contributed by atoms with E-state index in [9.17, 15) is 9.59 Å². The maximum Gasteiger partial charge on any atom is 0.240 e. The molecule has 0 aromatic carbocycles. The first kappa shape index (κ1) is 11.6. The molecule has 2 amide bonds. The molecule has 2 aliphatic rings. The molecule has 1 aliphatic heterocycles. The smallest absolute Gasteiger partial charge is 0.240 e. The Bertz CT molecular complexity index is 296. The maximum absolute atomic E-state index is 11.4. The monoisotopic (exact) mass is 224 g/mol. The van der Waals surface area contributed by atoms with E-state index in [-0.39, 0.29) is 17.2 Å². The summed E-state index contributed by atoms with van der Waals surface area (Å²) < 4.78 is 0. The van der Waals surface area contributed by atoms with E-state index in [1.807, 2.05) is 0 Å². The second kappa shape index (κ2) is 4.17. The van der Waals surface area contributed by atoms with Gasteiger partial charge in [-0.3, -0.25) is 19.8 Å². The van der Waals surface area contributed by atoms with Gasteiger partial charge in [-0.15, -0.1) is 0 Å². The molecule has 0 spiro atoms. The molecule has 4 heteroatoms. The van der Waals surface area contributed by atoms with Crippen LogP contribution in [0.15, 0.2) is 0 Å². The fraction of sp³-hybridized carbons (Fsp3) is 0.833. The van der Waals surface area contributed by atoms with Crippen molar-refractivity contribution in [3.8, 4) is 0 Å². The van der Waals surface area contributed by atoms with Crippen molar-refractivity contribution in [2.75, 3.05) is 13.1 Å². The Labute approximate surface area is 96.4 Å². The van der Waals surface area contributed by atoms with E-state index in [1.165, 1.54) is 19.3 Å². The zero-order valence-corrected chi connectivity index (χ0v) is 10.1. The number of piperazine rings is 1. The van der Waals surface area contributed by atoms with Crippen LogP contribution in [0.2, 0.25) is 0 Å². The number of hydrogen-bond donors (Lipinski definition) is 1. The second-order valence-corrected chi connectivity index (χ2v) is 5.63. The number of hydrogen-bond acceptors (Lipinski definition) is 3. The summed E-state index contributed by atoms with van der Waals surface area (Å²) in [6.07, 6.45) is 4.76. The molecule has 1 heterocycles. The van der Waals surface area contributed by atoms with Crippen LogP contribution < -0.4 is 5.32 Å². The number of nitrogens with one attached hydrogen (secondary N) is 1. The summed E-state index contributed by atoms with van der Waals surface area (Å²) in [6, 6.07) is 0.372. The van der Waals surface area contributed by atoms with E-state index in [1.54, 1.807) is 0 Å². The molecule has 2 fully saturated rings. The largest absolute Gasteiger partial charge is 0.294 e. The first-order valence-electron chi connectivity index (χ1n) is 6.06. The fourth-order valence-corrected chi connectivity index (χ4v) is 3.03. The lowest BCUT2D eigenvalue weighted by molar-refractivity contribution is -0.138. The maximum atomic E-state index is 11.4. The lowest BCUT2D eigenvalue weighted by Gasteiger charge is -2.45. The standard InChI is InChI=1S/C12H20N2O2/c1-12(2)6-4-3-5-9(12)14-7-10(15)13-11(16)8-14/h9H,3-8H2,1-2H3,(H,13,15,16). The van der Waals surface area contributed by atoms with Gasteiger partial charge >= 0.3 is 0 Å². The van der Waals surface area contributed by atoms with Crippen molar-refractivity contribution in [1.29, 1.82) is 0 Å². The average Bonchev–Trinajstić information content (AvgIpc) is 2.15. The fourth-order valence-electron chi connectivity index (χ4n) is 3.03. The van der Waals surface area contributed by atoms with Gasteiger partial charge in [-0.1, -0.05) is 26.7 Å². The highest BCUT2D eigenvalue weighted by Gasteiger charge is 2.39. The summed E-state index contributed by atoms with van der Waals surface area (Å²) in [5.74, 6) is -0.310. The van der Waals surface area contributed by atoms with Crippen molar-refractivity contribution in [1.82, 2.24) is 10.2 Å². The zero-order valence-electron chi connectivity index (χ0n) is 10.1. The minimum Gasteiger partial charge on any atom is -0.294 e. The van der Waals surface area contributed by atoms with Crippen LogP contribution in [-0.4, -0.2) is 35.8 Å². The minimum atomic E-state index is -0.155. The molecule has 0 aromatic rings. The highest BCUT2D eigenvalue weighted by atomic mass is 16.2. The van der Waals surface area contributed by atoms with Crippen molar-refractivity contribution >= 4 is 11.8 Å². The van der Waals surface area contributed by atoms with Gasteiger partial charge in [0.25, 0.3) is 0 Å². The molecule has 2 rings (SSSR count). The van der Waals surface area contributed by atoms with Crippen molar-refractivity contribution in [2.45, 2.75) is 45.6 Å². The third-order valence-corrected chi connectivity index (χ3v) is 3.86. The molecule has 1 N–H and O–H groups in total. The molecule has 0 bridgehead atoms. The van der Waals surface area contributed by atoms with Crippen molar-refractivity contribution in [3.63, 3.8) is 0 Å². The normalized spacial score (nSPS) is 31.2. The Morgan fingerprint density at radius 3 is 2.38 bits per heavy atom. The topological polar surface area (TPSA) is 49.4 Å². The molecule has 1 saturated carbocycles.